The van der Waals surface area contributed by atoms with Gasteiger partial charge in [0, 0.05) is 12.0 Å². The number of aryl methyl sites for hydroxylation is 1. The Morgan fingerprint density at radius 1 is 0.848 bits per heavy atom. The molecule has 1 fully saturated rings. The lowest BCUT2D eigenvalue weighted by atomic mass is 9.72. The number of aliphatic hydroxyl groups is 1. The third-order valence-electron chi connectivity index (χ3n) is 7.11. The van der Waals surface area contributed by atoms with E-state index in [1.165, 1.54) is 5.56 Å². The normalized spacial score (nSPS) is 15.5. The summed E-state index contributed by atoms with van der Waals surface area (Å²) in [6.45, 7) is 5.03. The Hall–Kier alpha value is -2.75. The van der Waals surface area contributed by atoms with Crippen LogP contribution in [0.15, 0.2) is 84.9 Å². The van der Waals surface area contributed by atoms with Crippen LogP contribution in [0.4, 0.5) is 0 Å². The minimum atomic E-state index is -0.963. The van der Waals surface area contributed by atoms with Gasteiger partial charge in [-0.05, 0) is 69.3 Å². The molecule has 1 heterocycles. The van der Waals surface area contributed by atoms with Crippen LogP contribution >= 0.6 is 0 Å². The molecule has 0 unspecified atom stereocenters. The number of rotatable bonds is 9. The molecule has 1 N–H and O–H groups in total. The lowest BCUT2D eigenvalue weighted by Crippen LogP contribution is -2.44. The van der Waals surface area contributed by atoms with Crippen molar-refractivity contribution < 1.29 is 9.90 Å². The Bertz CT molecular complexity index is 967. The largest absolute Gasteiger partial charge is 0.380 e. The van der Waals surface area contributed by atoms with E-state index in [4.69, 9.17) is 0 Å². The van der Waals surface area contributed by atoms with Gasteiger partial charge in [0.05, 0.1) is 0 Å². The van der Waals surface area contributed by atoms with Crippen LogP contribution in [0.1, 0.15) is 59.2 Å². The first-order valence-electron chi connectivity index (χ1n) is 12.2. The van der Waals surface area contributed by atoms with E-state index in [9.17, 15) is 9.90 Å². The molecule has 1 aliphatic rings. The van der Waals surface area contributed by atoms with Crippen molar-refractivity contribution in [2.75, 3.05) is 19.6 Å². The van der Waals surface area contributed by atoms with Crippen molar-refractivity contribution in [1.82, 2.24) is 4.90 Å². The highest BCUT2D eigenvalue weighted by Crippen LogP contribution is 2.41. The molecule has 3 nitrogen and oxygen atoms in total. The predicted octanol–water partition coefficient (Wildman–Crippen LogP) is 6.00. The average molecular weight is 442 g/mol. The number of carbonyl (C=O) groups excluding carboxylic acids is 1. The number of piperidine rings is 1. The molecule has 0 amide bonds. The number of unbranched alkanes of at least 4 members (excludes halogenated alkanes) is 1. The van der Waals surface area contributed by atoms with Gasteiger partial charge in [-0.2, -0.15) is 0 Å². The van der Waals surface area contributed by atoms with Gasteiger partial charge in [0.2, 0.25) is 0 Å². The fraction of sp³-hybridized carbons (Fsp3) is 0.367. The maximum absolute atomic E-state index is 12.4. The van der Waals surface area contributed by atoms with Crippen LogP contribution in [0.25, 0.3) is 0 Å². The molecule has 1 saturated heterocycles. The monoisotopic (exact) mass is 441 g/mol. The van der Waals surface area contributed by atoms with Crippen molar-refractivity contribution in [3.05, 3.63) is 107 Å². The highest BCUT2D eigenvalue weighted by atomic mass is 16.3. The second-order valence-corrected chi connectivity index (χ2v) is 9.36. The number of likely N-dealkylation sites (tertiary alicyclic amines) is 1. The van der Waals surface area contributed by atoms with Gasteiger partial charge in [0.25, 0.3) is 0 Å². The van der Waals surface area contributed by atoms with Gasteiger partial charge in [0.1, 0.15) is 5.60 Å². The summed E-state index contributed by atoms with van der Waals surface area (Å²) < 4.78 is 0. The summed E-state index contributed by atoms with van der Waals surface area (Å²) >= 11 is 0. The molecule has 1 aliphatic heterocycles. The van der Waals surface area contributed by atoms with E-state index in [1.807, 2.05) is 91.9 Å². The molecule has 33 heavy (non-hydrogen) atoms. The lowest BCUT2D eigenvalue weighted by molar-refractivity contribution is -0.0143. The average Bonchev–Trinajstić information content (AvgIpc) is 2.88. The van der Waals surface area contributed by atoms with Crippen LogP contribution in [0.2, 0.25) is 0 Å². The quantitative estimate of drug-likeness (QED) is 0.327. The standard InChI is InChI=1S/C30H35NO2/c1-24-15-17-25(18-16-24)29(32)14-8-9-21-31-22-19-28(20-23-31)30(33,26-10-4-2-5-11-26)27-12-6-3-7-13-27/h2-7,10-13,15-18,28,33H,8-9,14,19-23H2,1H3. The zero-order valence-corrected chi connectivity index (χ0v) is 19.6. The Morgan fingerprint density at radius 3 is 1.94 bits per heavy atom. The summed E-state index contributed by atoms with van der Waals surface area (Å²) in [5.41, 5.74) is 2.99. The van der Waals surface area contributed by atoms with E-state index in [1.54, 1.807) is 0 Å². The summed E-state index contributed by atoms with van der Waals surface area (Å²) in [6.07, 6.45) is 4.49. The second kappa shape index (κ2) is 10.9. The van der Waals surface area contributed by atoms with Gasteiger partial charge >= 0.3 is 0 Å². The van der Waals surface area contributed by atoms with E-state index >= 15 is 0 Å². The highest BCUT2D eigenvalue weighted by molar-refractivity contribution is 5.96. The molecule has 0 aromatic heterocycles. The number of benzene rings is 3. The number of carbonyl (C=O) groups is 1. The number of Topliss-reactive ketones (excluding diaryl/α,β-unsaturated/α-hetero) is 1. The molecule has 0 aliphatic carbocycles. The van der Waals surface area contributed by atoms with E-state index in [0.29, 0.717) is 6.42 Å². The summed E-state index contributed by atoms with van der Waals surface area (Å²) in [7, 11) is 0. The van der Waals surface area contributed by atoms with Gasteiger partial charge in [-0.1, -0.05) is 90.5 Å². The Labute approximate surface area is 198 Å². The smallest absolute Gasteiger partial charge is 0.162 e. The van der Waals surface area contributed by atoms with Crippen molar-refractivity contribution in [1.29, 1.82) is 0 Å². The number of hydrogen-bond donors (Lipinski definition) is 1. The number of ketones is 1. The Morgan fingerprint density at radius 2 is 1.39 bits per heavy atom. The molecule has 3 heteroatoms. The molecular formula is C30H35NO2. The summed E-state index contributed by atoms with van der Waals surface area (Å²) in [5.74, 6) is 0.422. The molecule has 0 radical (unpaired) electrons. The van der Waals surface area contributed by atoms with Crippen LogP contribution in [-0.2, 0) is 5.60 Å². The van der Waals surface area contributed by atoms with Crippen molar-refractivity contribution in [2.24, 2.45) is 5.92 Å². The highest BCUT2D eigenvalue weighted by Gasteiger charge is 2.41. The van der Waals surface area contributed by atoms with E-state index < -0.39 is 5.60 Å². The van der Waals surface area contributed by atoms with Gasteiger partial charge in [-0.15, -0.1) is 0 Å². The second-order valence-electron chi connectivity index (χ2n) is 9.36. The topological polar surface area (TPSA) is 40.5 Å². The minimum Gasteiger partial charge on any atom is -0.380 e. The Kier molecular flexibility index (Phi) is 7.74. The molecule has 0 spiro atoms. The summed E-state index contributed by atoms with van der Waals surface area (Å²) in [5, 5.41) is 12.0. The van der Waals surface area contributed by atoms with Crippen molar-refractivity contribution in [3.8, 4) is 0 Å². The van der Waals surface area contributed by atoms with Gasteiger partial charge in [0.15, 0.2) is 5.78 Å². The third kappa shape index (κ3) is 5.61. The summed E-state index contributed by atoms with van der Waals surface area (Å²) in [6, 6.07) is 28.1. The fourth-order valence-electron chi connectivity index (χ4n) is 5.10. The van der Waals surface area contributed by atoms with E-state index in [0.717, 1.165) is 62.0 Å². The van der Waals surface area contributed by atoms with Crippen LogP contribution in [0.3, 0.4) is 0 Å². The number of nitrogens with zero attached hydrogens (tertiary/aromatic N) is 1. The molecule has 3 aromatic carbocycles. The fourth-order valence-corrected chi connectivity index (χ4v) is 5.10. The maximum atomic E-state index is 12.4. The molecule has 172 valence electrons. The molecule has 0 saturated carbocycles. The van der Waals surface area contributed by atoms with Crippen molar-refractivity contribution in [3.63, 3.8) is 0 Å². The van der Waals surface area contributed by atoms with Crippen LogP contribution < -0.4 is 0 Å². The molecular weight excluding hydrogens is 406 g/mol. The first kappa shape index (κ1) is 23.4. The molecule has 0 atom stereocenters. The first-order valence-corrected chi connectivity index (χ1v) is 12.2. The zero-order chi connectivity index (χ0) is 23.1. The SMILES string of the molecule is Cc1ccc(C(=O)CCCCN2CCC(C(O)(c3ccccc3)c3ccccc3)CC2)cc1. The van der Waals surface area contributed by atoms with E-state index in [2.05, 4.69) is 4.90 Å². The van der Waals surface area contributed by atoms with Crippen molar-refractivity contribution >= 4 is 5.78 Å². The summed E-state index contributed by atoms with van der Waals surface area (Å²) in [4.78, 5) is 14.9. The van der Waals surface area contributed by atoms with Crippen LogP contribution in [-0.4, -0.2) is 35.4 Å². The lowest BCUT2D eigenvalue weighted by Gasteiger charge is -2.42. The van der Waals surface area contributed by atoms with Crippen LogP contribution in [0, 0.1) is 12.8 Å². The minimum absolute atomic E-state index is 0.182. The number of hydrogen-bond acceptors (Lipinski definition) is 3. The maximum Gasteiger partial charge on any atom is 0.162 e. The molecule has 3 aromatic rings. The van der Waals surface area contributed by atoms with Gasteiger partial charge < -0.3 is 10.0 Å². The van der Waals surface area contributed by atoms with E-state index in [-0.39, 0.29) is 11.7 Å². The molecule has 4 rings (SSSR count). The first-order chi connectivity index (χ1) is 16.1. The zero-order valence-electron chi connectivity index (χ0n) is 19.6. The molecule has 0 bridgehead atoms. The third-order valence-corrected chi connectivity index (χ3v) is 7.11. The Balaban J connectivity index is 1.30. The van der Waals surface area contributed by atoms with Gasteiger partial charge in [-0.3, -0.25) is 4.79 Å². The van der Waals surface area contributed by atoms with Crippen LogP contribution in [0.5, 0.6) is 0 Å². The van der Waals surface area contributed by atoms with Crippen molar-refractivity contribution in [2.45, 2.75) is 44.6 Å². The van der Waals surface area contributed by atoms with Gasteiger partial charge in [-0.25, -0.2) is 0 Å². The predicted molar refractivity (Wildman–Crippen MR) is 134 cm³/mol.